The van der Waals surface area contributed by atoms with E-state index in [9.17, 15) is 9.59 Å². The van der Waals surface area contributed by atoms with E-state index in [0.717, 1.165) is 18.8 Å². The molecule has 2 aromatic rings. The number of nitrogens with zero attached hydrogens (tertiary/aromatic N) is 2. The minimum Gasteiger partial charge on any atom is -0.372 e. The highest BCUT2D eigenvalue weighted by Gasteiger charge is 2.36. The van der Waals surface area contributed by atoms with Crippen molar-refractivity contribution in [3.63, 3.8) is 0 Å². The molecular formula is C20H20N2O3. The van der Waals surface area contributed by atoms with E-state index in [1.165, 1.54) is 4.90 Å². The van der Waals surface area contributed by atoms with Crippen molar-refractivity contribution in [2.24, 2.45) is 0 Å². The maximum Gasteiger partial charge on any atom is 0.266 e. The molecule has 2 heterocycles. The molecule has 0 spiro atoms. The van der Waals surface area contributed by atoms with Gasteiger partial charge in [-0.3, -0.25) is 9.59 Å². The Balaban J connectivity index is 1.59. The van der Waals surface area contributed by atoms with Crippen LogP contribution >= 0.6 is 0 Å². The molecule has 0 N–H and O–H groups in total. The lowest BCUT2D eigenvalue weighted by molar-refractivity contribution is -0.00521. The lowest BCUT2D eigenvalue weighted by Crippen LogP contribution is -2.45. The van der Waals surface area contributed by atoms with Crippen LogP contribution in [0.25, 0.3) is 0 Å². The molecule has 5 heteroatoms. The number of morpholine rings is 1. The molecule has 2 aliphatic heterocycles. The highest BCUT2D eigenvalue weighted by Crippen LogP contribution is 2.30. The van der Waals surface area contributed by atoms with Crippen LogP contribution in [-0.2, 0) is 4.74 Å². The van der Waals surface area contributed by atoms with Crippen LogP contribution in [0.3, 0.4) is 0 Å². The van der Waals surface area contributed by atoms with Crippen molar-refractivity contribution in [2.75, 3.05) is 22.9 Å². The SMILES string of the molecule is CC1CN(c2ccc(N3C(=O)c4ccccc4C3=O)cc2)CC(C)O1. The molecule has 25 heavy (non-hydrogen) atoms. The Morgan fingerprint density at radius 3 is 1.80 bits per heavy atom. The van der Waals surface area contributed by atoms with Crippen molar-refractivity contribution in [1.82, 2.24) is 0 Å². The number of carbonyl (C=O) groups excluding carboxylic acids is 2. The van der Waals surface area contributed by atoms with E-state index in [1.807, 2.05) is 24.3 Å². The maximum atomic E-state index is 12.6. The Morgan fingerprint density at radius 2 is 1.28 bits per heavy atom. The molecule has 0 aliphatic carbocycles. The van der Waals surface area contributed by atoms with Crippen LogP contribution in [0.4, 0.5) is 11.4 Å². The third kappa shape index (κ3) is 2.70. The lowest BCUT2D eigenvalue weighted by atomic mass is 10.1. The Kier molecular flexibility index (Phi) is 3.81. The quantitative estimate of drug-likeness (QED) is 0.791. The average Bonchev–Trinajstić information content (AvgIpc) is 2.86. The van der Waals surface area contributed by atoms with E-state index in [1.54, 1.807) is 24.3 Å². The summed E-state index contributed by atoms with van der Waals surface area (Å²) in [5, 5.41) is 0. The Bertz CT molecular complexity index is 786. The van der Waals surface area contributed by atoms with Gasteiger partial charge in [0.05, 0.1) is 29.0 Å². The van der Waals surface area contributed by atoms with Gasteiger partial charge < -0.3 is 9.64 Å². The number of carbonyl (C=O) groups is 2. The van der Waals surface area contributed by atoms with Crippen LogP contribution in [0.5, 0.6) is 0 Å². The lowest BCUT2D eigenvalue weighted by Gasteiger charge is -2.37. The minimum atomic E-state index is -0.262. The van der Waals surface area contributed by atoms with Crippen molar-refractivity contribution < 1.29 is 14.3 Å². The molecule has 1 saturated heterocycles. The fraction of sp³-hybridized carbons (Fsp3) is 0.300. The standard InChI is InChI=1S/C20H20N2O3/c1-13-11-21(12-14(2)25-13)15-7-9-16(10-8-15)22-19(23)17-5-3-4-6-18(17)20(22)24/h3-10,13-14H,11-12H2,1-2H3. The van der Waals surface area contributed by atoms with Crippen molar-refractivity contribution in [1.29, 1.82) is 0 Å². The first-order valence-corrected chi connectivity index (χ1v) is 8.53. The molecule has 1 fully saturated rings. The molecule has 0 radical (unpaired) electrons. The second-order valence-corrected chi connectivity index (χ2v) is 6.67. The highest BCUT2D eigenvalue weighted by molar-refractivity contribution is 6.34. The van der Waals surface area contributed by atoms with Crippen LogP contribution in [0.15, 0.2) is 48.5 Å². The zero-order chi connectivity index (χ0) is 17.6. The number of benzene rings is 2. The van der Waals surface area contributed by atoms with Gasteiger partial charge in [-0.05, 0) is 50.2 Å². The Labute approximate surface area is 146 Å². The molecule has 2 aliphatic rings. The van der Waals surface area contributed by atoms with E-state index in [2.05, 4.69) is 18.7 Å². The summed E-state index contributed by atoms with van der Waals surface area (Å²) in [4.78, 5) is 28.6. The zero-order valence-corrected chi connectivity index (χ0v) is 14.3. The molecule has 0 saturated carbocycles. The summed E-state index contributed by atoms with van der Waals surface area (Å²) in [7, 11) is 0. The normalized spacial score (nSPS) is 23.1. The van der Waals surface area contributed by atoms with Crippen molar-refractivity contribution in [3.05, 3.63) is 59.7 Å². The summed E-state index contributed by atoms with van der Waals surface area (Å²) in [5.41, 5.74) is 2.60. The van der Waals surface area contributed by atoms with Crippen LogP contribution in [0.2, 0.25) is 0 Å². The summed E-state index contributed by atoms with van der Waals surface area (Å²) in [6.45, 7) is 5.79. The number of imide groups is 1. The van der Waals surface area contributed by atoms with Gasteiger partial charge in [0, 0.05) is 18.8 Å². The van der Waals surface area contributed by atoms with Crippen LogP contribution in [0, 0.1) is 0 Å². The minimum absolute atomic E-state index is 0.180. The molecule has 0 bridgehead atoms. The van der Waals surface area contributed by atoms with Crippen LogP contribution in [-0.4, -0.2) is 37.1 Å². The first-order valence-electron chi connectivity index (χ1n) is 8.53. The first-order chi connectivity index (χ1) is 12.0. The number of hydrogen-bond donors (Lipinski definition) is 0. The monoisotopic (exact) mass is 336 g/mol. The predicted molar refractivity (Wildman–Crippen MR) is 96.2 cm³/mol. The topological polar surface area (TPSA) is 49.9 Å². The van der Waals surface area contributed by atoms with Gasteiger partial charge in [-0.2, -0.15) is 0 Å². The Hall–Kier alpha value is -2.66. The maximum absolute atomic E-state index is 12.6. The van der Waals surface area contributed by atoms with Gasteiger partial charge in [-0.25, -0.2) is 4.90 Å². The molecule has 2 amide bonds. The summed E-state index contributed by atoms with van der Waals surface area (Å²) in [5.74, 6) is -0.524. The number of hydrogen-bond acceptors (Lipinski definition) is 4. The van der Waals surface area contributed by atoms with Gasteiger partial charge in [-0.1, -0.05) is 12.1 Å². The van der Waals surface area contributed by atoms with Crippen LogP contribution < -0.4 is 9.80 Å². The number of amides is 2. The van der Waals surface area contributed by atoms with E-state index in [0.29, 0.717) is 16.8 Å². The molecule has 128 valence electrons. The van der Waals surface area contributed by atoms with Crippen molar-refractivity contribution >= 4 is 23.2 Å². The summed E-state index contributed by atoms with van der Waals surface area (Å²) in [6.07, 6.45) is 0.360. The van der Waals surface area contributed by atoms with E-state index >= 15 is 0 Å². The van der Waals surface area contributed by atoms with Gasteiger partial charge in [0.15, 0.2) is 0 Å². The van der Waals surface area contributed by atoms with E-state index in [-0.39, 0.29) is 24.0 Å². The summed E-state index contributed by atoms with van der Waals surface area (Å²) >= 11 is 0. The number of fused-ring (bicyclic) bond motifs is 1. The molecule has 2 atom stereocenters. The van der Waals surface area contributed by atoms with Gasteiger partial charge in [0.2, 0.25) is 0 Å². The van der Waals surface area contributed by atoms with Gasteiger partial charge in [0.25, 0.3) is 11.8 Å². The smallest absolute Gasteiger partial charge is 0.266 e. The molecule has 0 aromatic heterocycles. The van der Waals surface area contributed by atoms with E-state index in [4.69, 9.17) is 4.74 Å². The average molecular weight is 336 g/mol. The molecule has 4 rings (SSSR count). The third-order valence-corrected chi connectivity index (χ3v) is 4.69. The fourth-order valence-electron chi connectivity index (χ4n) is 3.62. The van der Waals surface area contributed by atoms with Gasteiger partial charge >= 0.3 is 0 Å². The van der Waals surface area contributed by atoms with Gasteiger partial charge in [-0.15, -0.1) is 0 Å². The molecule has 2 aromatic carbocycles. The second kappa shape index (κ2) is 6.01. The Morgan fingerprint density at radius 1 is 0.800 bits per heavy atom. The number of ether oxygens (including phenoxy) is 1. The van der Waals surface area contributed by atoms with Gasteiger partial charge in [0.1, 0.15) is 0 Å². The zero-order valence-electron chi connectivity index (χ0n) is 14.3. The summed E-state index contributed by atoms with van der Waals surface area (Å²) < 4.78 is 5.77. The molecule has 2 unspecified atom stereocenters. The first kappa shape index (κ1) is 15.8. The van der Waals surface area contributed by atoms with Crippen molar-refractivity contribution in [3.8, 4) is 0 Å². The van der Waals surface area contributed by atoms with Crippen LogP contribution in [0.1, 0.15) is 34.6 Å². The predicted octanol–water partition coefficient (Wildman–Crippen LogP) is 3.10. The number of anilines is 2. The molecular weight excluding hydrogens is 316 g/mol. The largest absolute Gasteiger partial charge is 0.372 e. The third-order valence-electron chi connectivity index (χ3n) is 4.69. The molecule has 5 nitrogen and oxygen atoms in total. The van der Waals surface area contributed by atoms with E-state index < -0.39 is 0 Å². The number of rotatable bonds is 2. The van der Waals surface area contributed by atoms with Crippen molar-refractivity contribution in [2.45, 2.75) is 26.1 Å². The summed E-state index contributed by atoms with van der Waals surface area (Å²) in [6, 6.07) is 14.5. The fourth-order valence-corrected chi connectivity index (χ4v) is 3.62. The highest BCUT2D eigenvalue weighted by atomic mass is 16.5. The second-order valence-electron chi connectivity index (χ2n) is 6.67.